The highest BCUT2D eigenvalue weighted by Crippen LogP contribution is 2.42. The number of thiazole rings is 1. The summed E-state index contributed by atoms with van der Waals surface area (Å²) < 4.78 is 25.3. The van der Waals surface area contributed by atoms with E-state index in [1.165, 1.54) is 17.7 Å². The molecule has 0 spiro atoms. The van der Waals surface area contributed by atoms with Crippen molar-refractivity contribution in [2.24, 2.45) is 4.99 Å². The molecule has 48 heavy (non-hydrogen) atoms. The number of aromatic nitrogens is 1. The molecule has 11 heteroatoms. The number of hydrogen-bond acceptors (Lipinski definition) is 9. The third kappa shape index (κ3) is 6.07. The van der Waals surface area contributed by atoms with Gasteiger partial charge < -0.3 is 23.7 Å². The van der Waals surface area contributed by atoms with Crippen LogP contribution in [0.3, 0.4) is 0 Å². The molecule has 10 nitrogen and oxygen atoms in total. The lowest BCUT2D eigenvalue weighted by atomic mass is 9.92. The molecule has 1 aliphatic rings. The Labute approximate surface area is 279 Å². The summed E-state index contributed by atoms with van der Waals surface area (Å²) in [5.74, 6) is -0.150. The summed E-state index contributed by atoms with van der Waals surface area (Å²) in [6.07, 6.45) is 2.31. The van der Waals surface area contributed by atoms with Gasteiger partial charge in [0.2, 0.25) is 0 Å². The Morgan fingerprint density at radius 2 is 1.77 bits per heavy atom. The fourth-order valence-corrected chi connectivity index (χ4v) is 6.57. The number of furan rings is 1. The third-order valence-electron chi connectivity index (χ3n) is 7.67. The van der Waals surface area contributed by atoms with Crippen molar-refractivity contribution in [3.63, 3.8) is 0 Å². The summed E-state index contributed by atoms with van der Waals surface area (Å²) in [7, 11) is 1.54. The minimum absolute atomic E-state index is 0.0945. The van der Waals surface area contributed by atoms with Crippen molar-refractivity contribution in [1.82, 2.24) is 4.57 Å². The van der Waals surface area contributed by atoms with Gasteiger partial charge in [-0.15, -0.1) is 0 Å². The summed E-state index contributed by atoms with van der Waals surface area (Å²) in [5.41, 5.74) is 1.87. The molecule has 0 fully saturated rings. The minimum atomic E-state index is -1.08. The second kappa shape index (κ2) is 14.0. The minimum Gasteiger partial charge on any atom is -0.493 e. The average molecular weight is 665 g/mol. The summed E-state index contributed by atoms with van der Waals surface area (Å²) in [5, 5.41) is 9.66. The maximum Gasteiger partial charge on any atom is 0.338 e. The fraction of sp³-hybridized carbons (Fsp3) is 0.189. The Morgan fingerprint density at radius 3 is 2.50 bits per heavy atom. The zero-order valence-electron chi connectivity index (χ0n) is 26.5. The number of ether oxygens (including phenoxy) is 3. The molecule has 1 aliphatic heterocycles. The van der Waals surface area contributed by atoms with Gasteiger partial charge in [-0.25, -0.2) is 14.6 Å². The molecule has 3 heterocycles. The zero-order chi connectivity index (χ0) is 33.8. The Hall–Kier alpha value is -5.68. The van der Waals surface area contributed by atoms with Crippen molar-refractivity contribution in [2.45, 2.75) is 26.3 Å². The predicted molar refractivity (Wildman–Crippen MR) is 181 cm³/mol. The molecule has 1 N–H and O–H groups in total. The van der Waals surface area contributed by atoms with Crippen LogP contribution in [0.1, 0.15) is 53.6 Å². The quantitative estimate of drug-likeness (QED) is 0.178. The normalized spacial score (nSPS) is 14.3. The second-order valence-electron chi connectivity index (χ2n) is 10.7. The van der Waals surface area contributed by atoms with Crippen LogP contribution in [0.25, 0.3) is 23.1 Å². The highest BCUT2D eigenvalue weighted by atomic mass is 32.1. The molecule has 0 saturated heterocycles. The third-order valence-corrected chi connectivity index (χ3v) is 8.65. The van der Waals surface area contributed by atoms with Crippen molar-refractivity contribution >= 4 is 35.0 Å². The number of hydrogen-bond donors (Lipinski definition) is 1. The van der Waals surface area contributed by atoms with Gasteiger partial charge in [0.15, 0.2) is 16.3 Å². The predicted octanol–water partition coefficient (Wildman–Crippen LogP) is 5.69. The van der Waals surface area contributed by atoms with Gasteiger partial charge in [-0.3, -0.25) is 9.36 Å². The van der Waals surface area contributed by atoms with E-state index in [-0.39, 0.29) is 17.7 Å². The van der Waals surface area contributed by atoms with E-state index < -0.39 is 23.5 Å². The second-order valence-corrected chi connectivity index (χ2v) is 11.7. The van der Waals surface area contributed by atoms with E-state index in [4.69, 9.17) is 23.6 Å². The monoisotopic (exact) mass is 664 g/mol. The number of esters is 1. The summed E-state index contributed by atoms with van der Waals surface area (Å²) in [6.45, 7) is 4.20. The van der Waals surface area contributed by atoms with Crippen LogP contribution in [0.4, 0.5) is 0 Å². The molecular formula is C37H32N2O8S. The molecule has 3 aromatic carbocycles. The van der Waals surface area contributed by atoms with Crippen LogP contribution in [0.5, 0.6) is 11.5 Å². The molecule has 0 radical (unpaired) electrons. The van der Waals surface area contributed by atoms with E-state index in [1.54, 1.807) is 61.5 Å². The van der Waals surface area contributed by atoms with Gasteiger partial charge in [0.25, 0.3) is 5.56 Å². The van der Waals surface area contributed by atoms with Gasteiger partial charge >= 0.3 is 11.9 Å². The van der Waals surface area contributed by atoms with Gasteiger partial charge in [-0.1, -0.05) is 78.9 Å². The lowest BCUT2D eigenvalue weighted by Crippen LogP contribution is -2.40. The highest BCUT2D eigenvalue weighted by molar-refractivity contribution is 7.07. The molecule has 0 aliphatic carbocycles. The van der Waals surface area contributed by atoms with Gasteiger partial charge in [0.1, 0.15) is 17.6 Å². The highest BCUT2D eigenvalue weighted by Gasteiger charge is 2.37. The lowest BCUT2D eigenvalue weighted by molar-refractivity contribution is -0.138. The lowest BCUT2D eigenvalue weighted by Gasteiger charge is -2.27. The van der Waals surface area contributed by atoms with Crippen molar-refractivity contribution in [2.75, 3.05) is 20.3 Å². The Bertz CT molecular complexity index is 2210. The Morgan fingerprint density at radius 1 is 1.00 bits per heavy atom. The first kappa shape index (κ1) is 32.3. The molecule has 0 bridgehead atoms. The van der Waals surface area contributed by atoms with Gasteiger partial charge in [0, 0.05) is 22.8 Å². The number of carbonyl (C=O) groups excluding carboxylic acids is 1. The van der Waals surface area contributed by atoms with Crippen LogP contribution >= 0.6 is 11.3 Å². The number of nitrogens with zero attached hydrogens (tertiary/aromatic N) is 2. The van der Waals surface area contributed by atoms with Crippen LogP contribution in [-0.4, -0.2) is 41.9 Å². The van der Waals surface area contributed by atoms with E-state index in [1.807, 2.05) is 37.3 Å². The van der Waals surface area contributed by atoms with Gasteiger partial charge in [0.05, 0.1) is 41.7 Å². The number of carbonyl (C=O) groups is 2. The van der Waals surface area contributed by atoms with Crippen molar-refractivity contribution in [3.05, 3.63) is 133 Å². The number of aromatic carboxylic acids is 1. The molecule has 6 rings (SSSR count). The molecule has 0 saturated carbocycles. The van der Waals surface area contributed by atoms with E-state index in [2.05, 4.69) is 0 Å². The SMILES string of the molecule is CCCOc1c(OC)cccc1[C@H]1C(C(=O)OCC)=C(c2ccccc2)N=c2s/c(=C/c3ccc(-c4ccccc4C(=O)O)o3)c(=O)n21. The molecule has 244 valence electrons. The Balaban J connectivity index is 1.60. The van der Waals surface area contributed by atoms with Crippen molar-refractivity contribution in [3.8, 4) is 22.8 Å². The van der Waals surface area contributed by atoms with Crippen LogP contribution in [0.2, 0.25) is 0 Å². The maximum atomic E-state index is 14.4. The van der Waals surface area contributed by atoms with E-state index in [0.717, 1.165) is 17.8 Å². The number of methoxy groups -OCH3 is 1. The van der Waals surface area contributed by atoms with Crippen LogP contribution in [0.15, 0.2) is 105 Å². The average Bonchev–Trinajstić information content (AvgIpc) is 3.70. The van der Waals surface area contributed by atoms with Crippen LogP contribution < -0.4 is 24.4 Å². The molecule has 1 atom stereocenters. The fourth-order valence-electron chi connectivity index (χ4n) is 5.59. The van der Waals surface area contributed by atoms with E-state index in [0.29, 0.717) is 61.3 Å². The topological polar surface area (TPSA) is 130 Å². The first-order chi connectivity index (χ1) is 23.4. The molecule has 5 aromatic rings. The number of carboxylic acid groups (broad SMARTS) is 1. The molecule has 0 unspecified atom stereocenters. The smallest absolute Gasteiger partial charge is 0.338 e. The maximum absolute atomic E-state index is 14.4. The number of para-hydroxylation sites is 1. The largest absolute Gasteiger partial charge is 0.493 e. The zero-order valence-corrected chi connectivity index (χ0v) is 27.3. The number of rotatable bonds is 11. The number of benzene rings is 3. The molecular weight excluding hydrogens is 632 g/mol. The van der Waals surface area contributed by atoms with Crippen LogP contribution in [0, 0.1) is 0 Å². The summed E-state index contributed by atoms with van der Waals surface area (Å²) >= 11 is 1.14. The number of carboxylic acids is 1. The number of fused-ring (bicyclic) bond motifs is 1. The first-order valence-corrected chi connectivity index (χ1v) is 16.2. The van der Waals surface area contributed by atoms with E-state index >= 15 is 0 Å². The van der Waals surface area contributed by atoms with Gasteiger partial charge in [-0.05, 0) is 37.6 Å². The first-order valence-electron chi connectivity index (χ1n) is 15.4. The van der Waals surface area contributed by atoms with Gasteiger partial charge in [-0.2, -0.15) is 0 Å². The summed E-state index contributed by atoms with van der Waals surface area (Å²) in [6, 6.07) is 23.5. The standard InChI is InChI=1S/C37H32N2O8S/c1-4-20-46-33-26(16-11-17-28(33)44-3)32-30(36(43)45-5-2)31(22-12-7-6-8-13-22)38-37-39(32)34(40)29(48-37)21-23-18-19-27(47-23)24-14-9-10-15-25(24)35(41)42/h6-19,21,32H,4-5,20H2,1-3H3,(H,41,42)/b29-21+/t32-/m0/s1. The van der Waals surface area contributed by atoms with Crippen LogP contribution in [-0.2, 0) is 9.53 Å². The van der Waals surface area contributed by atoms with Crippen molar-refractivity contribution < 1.29 is 33.3 Å². The van der Waals surface area contributed by atoms with E-state index in [9.17, 15) is 19.5 Å². The van der Waals surface area contributed by atoms with Crippen molar-refractivity contribution in [1.29, 1.82) is 0 Å². The Kier molecular flexibility index (Phi) is 9.40. The summed E-state index contributed by atoms with van der Waals surface area (Å²) in [4.78, 5) is 45.3. The molecule has 2 aromatic heterocycles. The molecule has 0 amide bonds.